The second kappa shape index (κ2) is 9.71. The monoisotopic (exact) mass is 441 g/mol. The van der Waals surface area contributed by atoms with Gasteiger partial charge in [0.05, 0.1) is 6.54 Å². The molecule has 5 heteroatoms. The molecule has 1 nitrogen and oxygen atoms in total. The van der Waals surface area contributed by atoms with Gasteiger partial charge < -0.3 is 12.4 Å². The summed E-state index contributed by atoms with van der Waals surface area (Å²) in [7, 11) is -2.09. The van der Waals surface area contributed by atoms with Crippen LogP contribution in [0.15, 0.2) is 103 Å². The van der Waals surface area contributed by atoms with E-state index in [0.29, 0.717) is 0 Å². The first-order valence-electron chi connectivity index (χ1n) is 8.99. The molecule has 0 unspecified atom stereocenters. The maximum Gasteiger partial charge on any atom is 0.204 e. The summed E-state index contributed by atoms with van der Waals surface area (Å²) in [6.07, 6.45) is 4.49. The van der Waals surface area contributed by atoms with Gasteiger partial charge in [0.2, 0.25) is 7.41 Å². The van der Waals surface area contributed by atoms with Crippen molar-refractivity contribution < 1.29 is 12.4 Å². The Bertz CT molecular complexity index is 836. The fraction of sp³-hybridized carbons (Fsp3) is 0.0870. The number of nitrogens with zero attached hydrogens (tertiary/aromatic N) is 1. The Labute approximate surface area is 183 Å². The van der Waals surface area contributed by atoms with Gasteiger partial charge in [-0.15, -0.1) is 0 Å². The van der Waals surface area contributed by atoms with Crippen LogP contribution in [0.25, 0.3) is 0 Å². The molecule has 0 amide bonds. The minimum atomic E-state index is -2.09. The average molecular weight is 442 g/mol. The van der Waals surface area contributed by atoms with E-state index in [0.717, 1.165) is 16.6 Å². The van der Waals surface area contributed by atoms with Crippen molar-refractivity contribution in [2.24, 2.45) is 0 Å². The molecule has 1 aliphatic heterocycles. The zero-order chi connectivity index (χ0) is 18.5. The Morgan fingerprint density at radius 1 is 0.679 bits per heavy atom. The van der Waals surface area contributed by atoms with Crippen LogP contribution in [0.3, 0.4) is 0 Å². The second-order valence-corrected chi connectivity index (χ2v) is 11.2. The first-order chi connectivity index (χ1) is 13.3. The summed E-state index contributed by atoms with van der Waals surface area (Å²) in [5, 5.41) is 4.00. The molecule has 142 valence electrons. The topological polar surface area (TPSA) is 3.24 Å². The largest absolute Gasteiger partial charge is 1.00 e. The second-order valence-electron chi connectivity index (χ2n) is 6.27. The molecule has 0 radical (unpaired) electrons. The molecule has 28 heavy (non-hydrogen) atoms. The highest BCUT2D eigenvalue weighted by molar-refractivity contribution is 8.23. The van der Waals surface area contributed by atoms with E-state index < -0.39 is 7.41 Å². The summed E-state index contributed by atoms with van der Waals surface area (Å²) in [4.78, 5) is 0. The third-order valence-corrected chi connectivity index (χ3v) is 10.6. The third-order valence-electron chi connectivity index (χ3n) is 4.71. The van der Waals surface area contributed by atoms with E-state index >= 15 is 0 Å². The van der Waals surface area contributed by atoms with Crippen LogP contribution in [-0.2, 0) is 0 Å². The normalized spacial score (nSPS) is 14.3. The molecule has 0 saturated heterocycles. The molecule has 0 saturated carbocycles. The molecule has 0 bridgehead atoms. The predicted molar refractivity (Wildman–Crippen MR) is 126 cm³/mol. The van der Waals surface area contributed by atoms with Crippen molar-refractivity contribution >= 4 is 51.6 Å². The minimum Gasteiger partial charge on any atom is -1.00 e. The zero-order valence-electron chi connectivity index (χ0n) is 15.3. The zero-order valence-corrected chi connectivity index (χ0v) is 18.6. The van der Waals surface area contributed by atoms with E-state index in [-0.39, 0.29) is 12.4 Å². The van der Waals surface area contributed by atoms with Crippen molar-refractivity contribution in [3.63, 3.8) is 0 Å². The number of rotatable bonds is 4. The van der Waals surface area contributed by atoms with Crippen LogP contribution in [-0.4, -0.2) is 21.3 Å². The Balaban J connectivity index is 0.00000225. The lowest BCUT2D eigenvalue weighted by Gasteiger charge is -2.36. The standard InChI is InChI=1S/C23H21NPS2.ClH/c26-23-24(18-10-11-19-27-23)25(20-12-4-1-5-13-20,21-14-6-2-7-15-21)22-16-8-3-9-17-22;/h1-17H,18-19H2;1H/q+1;/p-1. The van der Waals surface area contributed by atoms with Crippen molar-refractivity contribution in [3.8, 4) is 0 Å². The smallest absolute Gasteiger partial charge is 0.204 e. The van der Waals surface area contributed by atoms with Crippen molar-refractivity contribution in [1.29, 1.82) is 0 Å². The van der Waals surface area contributed by atoms with E-state index in [2.05, 4.69) is 108 Å². The number of halogens is 1. The summed E-state index contributed by atoms with van der Waals surface area (Å²) in [5.41, 5.74) is 0. The summed E-state index contributed by atoms with van der Waals surface area (Å²) in [6, 6.07) is 32.7. The third kappa shape index (κ3) is 3.90. The van der Waals surface area contributed by atoms with Crippen LogP contribution in [0.1, 0.15) is 0 Å². The molecule has 4 rings (SSSR count). The van der Waals surface area contributed by atoms with Gasteiger partial charge in [-0.2, -0.15) is 0 Å². The molecule has 3 aromatic carbocycles. The molecule has 0 fully saturated rings. The molecule has 0 aliphatic carbocycles. The number of thiocarbonyl (C=S) groups is 1. The van der Waals surface area contributed by atoms with Crippen LogP contribution >= 0.6 is 31.4 Å². The molecule has 0 spiro atoms. The van der Waals surface area contributed by atoms with Gasteiger partial charge in [0, 0.05) is 5.75 Å². The first-order valence-corrected chi connectivity index (χ1v) is 12.1. The Morgan fingerprint density at radius 3 is 1.54 bits per heavy atom. The number of hydrogen-bond donors (Lipinski definition) is 0. The van der Waals surface area contributed by atoms with Crippen molar-refractivity contribution in [2.45, 2.75) is 0 Å². The van der Waals surface area contributed by atoms with E-state index in [1.807, 2.05) is 0 Å². The minimum absolute atomic E-state index is 0. The fourth-order valence-corrected chi connectivity index (χ4v) is 9.46. The lowest BCUT2D eigenvalue weighted by molar-refractivity contribution is -0.00000502. The van der Waals surface area contributed by atoms with Gasteiger partial charge in [-0.1, -0.05) is 78.5 Å². The maximum atomic E-state index is 5.94. The average Bonchev–Trinajstić information content (AvgIpc) is 2.96. The summed E-state index contributed by atoms with van der Waals surface area (Å²) < 4.78 is 3.46. The predicted octanol–water partition coefficient (Wildman–Crippen LogP) is 1.79. The van der Waals surface area contributed by atoms with Crippen LogP contribution < -0.4 is 28.3 Å². The van der Waals surface area contributed by atoms with Crippen LogP contribution in [0.4, 0.5) is 0 Å². The van der Waals surface area contributed by atoms with E-state index in [4.69, 9.17) is 12.2 Å². The Morgan fingerprint density at radius 2 is 1.11 bits per heavy atom. The number of hydrogen-bond acceptors (Lipinski definition) is 2. The molecule has 0 aromatic heterocycles. The molecule has 0 atom stereocenters. The van der Waals surface area contributed by atoms with E-state index in [1.54, 1.807) is 11.8 Å². The van der Waals surface area contributed by atoms with E-state index in [9.17, 15) is 0 Å². The summed E-state index contributed by atoms with van der Waals surface area (Å²) in [5.74, 6) is 0.938. The van der Waals surface area contributed by atoms with Crippen LogP contribution in [0.2, 0.25) is 0 Å². The lowest BCUT2D eigenvalue weighted by Crippen LogP contribution is -3.00. The van der Waals surface area contributed by atoms with Crippen molar-refractivity contribution in [2.75, 3.05) is 12.3 Å². The van der Waals surface area contributed by atoms with Crippen LogP contribution in [0.5, 0.6) is 0 Å². The number of benzene rings is 3. The van der Waals surface area contributed by atoms with Gasteiger partial charge in [-0.3, -0.25) is 0 Å². The molecule has 1 heterocycles. The molecule has 3 aromatic rings. The van der Waals surface area contributed by atoms with E-state index in [1.165, 1.54) is 15.9 Å². The maximum absolute atomic E-state index is 5.94. The van der Waals surface area contributed by atoms with Gasteiger partial charge in [-0.25, -0.2) is 4.67 Å². The lowest BCUT2D eigenvalue weighted by atomic mass is 10.4. The first kappa shape index (κ1) is 21.1. The SMILES string of the molecule is S=C1SCC=CCN1[P+](c1ccccc1)(c1ccccc1)c1ccccc1.[Cl-]. The van der Waals surface area contributed by atoms with Gasteiger partial charge in [-0.05, 0) is 48.6 Å². The van der Waals surface area contributed by atoms with Crippen LogP contribution in [0, 0.1) is 0 Å². The highest BCUT2D eigenvalue weighted by Crippen LogP contribution is 2.59. The summed E-state index contributed by atoms with van der Waals surface area (Å²) >= 11 is 7.69. The van der Waals surface area contributed by atoms with Gasteiger partial charge in [0.25, 0.3) is 0 Å². The molecule has 0 N–H and O–H groups in total. The molecule has 1 aliphatic rings. The fourth-order valence-electron chi connectivity index (χ4n) is 3.55. The highest BCUT2D eigenvalue weighted by atomic mass is 35.5. The van der Waals surface area contributed by atoms with Gasteiger partial charge in [0.15, 0.2) is 4.32 Å². The van der Waals surface area contributed by atoms with Gasteiger partial charge >= 0.3 is 0 Å². The molecular weight excluding hydrogens is 421 g/mol. The Kier molecular flexibility index (Phi) is 7.31. The van der Waals surface area contributed by atoms with Crippen molar-refractivity contribution in [3.05, 3.63) is 103 Å². The quantitative estimate of drug-likeness (QED) is 0.345. The summed E-state index contributed by atoms with van der Waals surface area (Å²) in [6.45, 7) is 0.832. The number of thioether (sulfide) groups is 1. The highest BCUT2D eigenvalue weighted by Gasteiger charge is 2.52. The van der Waals surface area contributed by atoms with Crippen molar-refractivity contribution in [1.82, 2.24) is 4.67 Å². The molecular formula is C23H21ClNPS2. The van der Waals surface area contributed by atoms with Gasteiger partial charge in [0.1, 0.15) is 15.9 Å². The Hall–Kier alpha value is -1.64.